The van der Waals surface area contributed by atoms with Crippen LogP contribution in [0.1, 0.15) is 17.0 Å². The fourth-order valence-electron chi connectivity index (χ4n) is 2.19. The van der Waals surface area contributed by atoms with Crippen LogP contribution in [0.4, 0.5) is 0 Å². The van der Waals surface area contributed by atoms with Crippen LogP contribution in [0.2, 0.25) is 0 Å². The Bertz CT molecular complexity index is 753. The lowest BCUT2D eigenvalue weighted by Crippen LogP contribution is -1.93. The van der Waals surface area contributed by atoms with Gasteiger partial charge in [-0.15, -0.1) is 11.8 Å². The van der Waals surface area contributed by atoms with Gasteiger partial charge in [-0.25, -0.2) is 9.97 Å². The monoisotopic (exact) mass is 280 g/mol. The number of aryl methyl sites for hydroxylation is 2. The van der Waals surface area contributed by atoms with Crippen LogP contribution in [0.15, 0.2) is 53.6 Å². The molecule has 3 heteroatoms. The Morgan fingerprint density at radius 2 is 1.65 bits per heavy atom. The van der Waals surface area contributed by atoms with Gasteiger partial charge in [0.2, 0.25) is 0 Å². The number of hydrogen-bond donors (Lipinski definition) is 0. The number of para-hydroxylation sites is 1. The minimum absolute atomic E-state index is 0.830. The Balaban J connectivity index is 1.93. The van der Waals surface area contributed by atoms with E-state index in [1.165, 1.54) is 11.1 Å². The summed E-state index contributed by atoms with van der Waals surface area (Å²) in [6, 6.07) is 16.7. The van der Waals surface area contributed by atoms with E-state index in [2.05, 4.69) is 47.2 Å². The number of thioether (sulfide) groups is 1. The molecule has 0 saturated carbocycles. The Hall–Kier alpha value is -1.87. The molecule has 1 aromatic heterocycles. The first-order valence-corrected chi connectivity index (χ1v) is 7.63. The molecule has 0 radical (unpaired) electrons. The second-order valence-electron chi connectivity index (χ2n) is 4.81. The molecule has 0 fully saturated rings. The Morgan fingerprint density at radius 3 is 2.50 bits per heavy atom. The van der Waals surface area contributed by atoms with Crippen molar-refractivity contribution >= 4 is 22.7 Å². The maximum Gasteiger partial charge on any atom is 0.127 e. The molecule has 0 aliphatic rings. The first-order valence-electron chi connectivity index (χ1n) is 6.65. The highest BCUT2D eigenvalue weighted by Gasteiger charge is 2.07. The minimum Gasteiger partial charge on any atom is -0.233 e. The quantitative estimate of drug-likeness (QED) is 0.520. The van der Waals surface area contributed by atoms with Crippen molar-refractivity contribution in [3.8, 4) is 0 Å². The molecule has 2 aromatic carbocycles. The lowest BCUT2D eigenvalue weighted by atomic mass is 10.1. The van der Waals surface area contributed by atoms with E-state index in [1.807, 2.05) is 25.1 Å². The molecular weight excluding hydrogens is 264 g/mol. The van der Waals surface area contributed by atoms with Gasteiger partial charge in [0.25, 0.3) is 0 Å². The van der Waals surface area contributed by atoms with Gasteiger partial charge in [-0.3, -0.25) is 0 Å². The van der Waals surface area contributed by atoms with Crippen LogP contribution < -0.4 is 0 Å². The molecule has 2 nitrogen and oxygen atoms in total. The predicted octanol–water partition coefficient (Wildman–Crippen LogP) is 4.54. The summed E-state index contributed by atoms with van der Waals surface area (Å²) in [5.74, 6) is 1.77. The third-order valence-electron chi connectivity index (χ3n) is 3.31. The zero-order valence-corrected chi connectivity index (χ0v) is 12.4. The molecule has 0 aliphatic carbocycles. The van der Waals surface area contributed by atoms with Crippen LogP contribution >= 0.6 is 11.8 Å². The summed E-state index contributed by atoms with van der Waals surface area (Å²) in [5, 5.41) is 2.20. The largest absolute Gasteiger partial charge is 0.233 e. The third kappa shape index (κ3) is 2.68. The van der Waals surface area contributed by atoms with Crippen molar-refractivity contribution in [2.24, 2.45) is 0 Å². The fourth-order valence-corrected chi connectivity index (χ4v) is 3.33. The van der Waals surface area contributed by atoms with Crippen molar-refractivity contribution in [3.63, 3.8) is 0 Å². The SMILES string of the molecule is Cc1nc(SCc2ccccc2C)c2ccccc2n1. The van der Waals surface area contributed by atoms with Gasteiger partial charge in [-0.05, 0) is 31.0 Å². The van der Waals surface area contributed by atoms with E-state index >= 15 is 0 Å². The molecule has 0 bridgehead atoms. The van der Waals surface area contributed by atoms with Crippen LogP contribution in [-0.2, 0) is 5.75 Å². The average Bonchev–Trinajstić information content (AvgIpc) is 2.46. The van der Waals surface area contributed by atoms with Crippen molar-refractivity contribution in [1.29, 1.82) is 0 Å². The molecule has 0 saturated heterocycles. The van der Waals surface area contributed by atoms with Crippen molar-refractivity contribution < 1.29 is 0 Å². The van der Waals surface area contributed by atoms with Crippen molar-refractivity contribution in [2.75, 3.05) is 0 Å². The molecule has 0 amide bonds. The lowest BCUT2D eigenvalue weighted by Gasteiger charge is -2.08. The van der Waals surface area contributed by atoms with E-state index in [4.69, 9.17) is 0 Å². The second kappa shape index (κ2) is 5.63. The summed E-state index contributed by atoms with van der Waals surface area (Å²) < 4.78 is 0. The smallest absolute Gasteiger partial charge is 0.127 e. The highest BCUT2D eigenvalue weighted by molar-refractivity contribution is 7.98. The normalized spacial score (nSPS) is 10.9. The van der Waals surface area contributed by atoms with Crippen LogP contribution in [0.3, 0.4) is 0 Å². The molecule has 0 N–H and O–H groups in total. The number of nitrogens with zero attached hydrogens (tertiary/aromatic N) is 2. The van der Waals surface area contributed by atoms with Crippen molar-refractivity contribution in [3.05, 3.63) is 65.5 Å². The Labute approximate surface area is 123 Å². The molecule has 0 aliphatic heterocycles. The van der Waals surface area contributed by atoms with Gasteiger partial charge >= 0.3 is 0 Å². The van der Waals surface area contributed by atoms with Gasteiger partial charge < -0.3 is 0 Å². The second-order valence-corrected chi connectivity index (χ2v) is 5.77. The van der Waals surface area contributed by atoms with E-state index in [0.717, 1.165) is 27.5 Å². The number of rotatable bonds is 3. The van der Waals surface area contributed by atoms with Gasteiger partial charge in [0.05, 0.1) is 5.52 Å². The van der Waals surface area contributed by atoms with Gasteiger partial charge in [0.1, 0.15) is 10.9 Å². The van der Waals surface area contributed by atoms with E-state index in [-0.39, 0.29) is 0 Å². The van der Waals surface area contributed by atoms with E-state index in [1.54, 1.807) is 11.8 Å². The average molecular weight is 280 g/mol. The molecule has 0 atom stereocenters. The third-order valence-corrected chi connectivity index (χ3v) is 4.35. The van der Waals surface area contributed by atoms with Gasteiger partial charge in [-0.2, -0.15) is 0 Å². The summed E-state index contributed by atoms with van der Waals surface area (Å²) in [5.41, 5.74) is 3.71. The standard InChI is InChI=1S/C17H16N2S/c1-12-7-3-4-8-14(12)11-20-17-15-9-5-6-10-16(15)18-13(2)19-17/h3-10H,11H2,1-2H3. The van der Waals surface area contributed by atoms with E-state index < -0.39 is 0 Å². The molecule has 3 rings (SSSR count). The lowest BCUT2D eigenvalue weighted by molar-refractivity contribution is 1.01. The van der Waals surface area contributed by atoms with E-state index in [9.17, 15) is 0 Å². The fraction of sp³-hybridized carbons (Fsp3) is 0.176. The van der Waals surface area contributed by atoms with Crippen molar-refractivity contribution in [2.45, 2.75) is 24.6 Å². The van der Waals surface area contributed by atoms with Crippen LogP contribution in [-0.4, -0.2) is 9.97 Å². The number of aromatic nitrogens is 2. The summed E-state index contributed by atoms with van der Waals surface area (Å²) in [6.07, 6.45) is 0. The zero-order chi connectivity index (χ0) is 13.9. The molecule has 0 unspecified atom stereocenters. The first kappa shape index (κ1) is 13.1. The van der Waals surface area contributed by atoms with E-state index in [0.29, 0.717) is 0 Å². The van der Waals surface area contributed by atoms with Gasteiger partial charge in [0.15, 0.2) is 0 Å². The zero-order valence-electron chi connectivity index (χ0n) is 11.6. The molecule has 20 heavy (non-hydrogen) atoms. The van der Waals surface area contributed by atoms with Gasteiger partial charge in [0, 0.05) is 11.1 Å². The summed E-state index contributed by atoms with van der Waals surface area (Å²) >= 11 is 1.78. The maximum atomic E-state index is 4.60. The van der Waals surface area contributed by atoms with Gasteiger partial charge in [-0.1, -0.05) is 42.5 Å². The number of benzene rings is 2. The number of fused-ring (bicyclic) bond motifs is 1. The molecular formula is C17H16N2S. The Kier molecular flexibility index (Phi) is 3.70. The Morgan fingerprint density at radius 1 is 0.900 bits per heavy atom. The van der Waals surface area contributed by atoms with Crippen LogP contribution in [0.5, 0.6) is 0 Å². The molecule has 1 heterocycles. The topological polar surface area (TPSA) is 25.8 Å². The number of hydrogen-bond acceptors (Lipinski definition) is 3. The minimum atomic E-state index is 0.830. The van der Waals surface area contributed by atoms with Crippen molar-refractivity contribution in [1.82, 2.24) is 9.97 Å². The summed E-state index contributed by atoms with van der Waals surface area (Å²) in [7, 11) is 0. The molecule has 100 valence electrons. The highest BCUT2D eigenvalue weighted by atomic mass is 32.2. The highest BCUT2D eigenvalue weighted by Crippen LogP contribution is 2.28. The molecule has 0 spiro atoms. The maximum absolute atomic E-state index is 4.60. The summed E-state index contributed by atoms with van der Waals surface area (Å²) in [6.45, 7) is 4.10. The van der Waals surface area contributed by atoms with Crippen LogP contribution in [0, 0.1) is 13.8 Å². The predicted molar refractivity (Wildman–Crippen MR) is 85.0 cm³/mol. The van der Waals surface area contributed by atoms with Crippen LogP contribution in [0.25, 0.3) is 10.9 Å². The summed E-state index contributed by atoms with van der Waals surface area (Å²) in [4.78, 5) is 9.08. The molecule has 3 aromatic rings. The first-order chi connectivity index (χ1) is 9.74.